The molecule has 0 fully saturated rings. The van der Waals surface area contributed by atoms with Gasteiger partial charge in [-0.15, -0.1) is 0 Å². The van der Waals surface area contributed by atoms with Crippen molar-refractivity contribution >= 4 is 5.65 Å². The van der Waals surface area contributed by atoms with Crippen LogP contribution in [0.3, 0.4) is 0 Å². The van der Waals surface area contributed by atoms with Gasteiger partial charge in [0.2, 0.25) is 0 Å². The van der Waals surface area contributed by atoms with Gasteiger partial charge < -0.3 is 9.51 Å². The lowest BCUT2D eigenvalue weighted by Crippen LogP contribution is -2.25. The molecule has 1 N–H and O–H groups in total. The summed E-state index contributed by atoms with van der Waals surface area (Å²) in [7, 11) is 2.10. The third-order valence-corrected chi connectivity index (χ3v) is 4.28. The molecule has 0 bridgehead atoms. The topological polar surface area (TPSA) is 40.8 Å². The van der Waals surface area contributed by atoms with Crippen LogP contribution in [0, 0.1) is 6.92 Å². The van der Waals surface area contributed by atoms with Gasteiger partial charge in [0.05, 0.1) is 11.9 Å². The van der Waals surface area contributed by atoms with Gasteiger partial charge in [0.15, 0.2) is 0 Å². The van der Waals surface area contributed by atoms with Crippen LogP contribution in [0.4, 0.5) is 0 Å². The predicted octanol–water partition coefficient (Wildman–Crippen LogP) is 3.20. The maximum atomic E-state index is 9.43. The molecule has 0 aliphatic rings. The van der Waals surface area contributed by atoms with E-state index in [9.17, 15) is 5.11 Å². The number of aliphatic hydroxyl groups is 1. The van der Waals surface area contributed by atoms with Gasteiger partial charge >= 0.3 is 0 Å². The summed E-state index contributed by atoms with van der Waals surface area (Å²) in [6.07, 6.45) is 4.73. The summed E-state index contributed by atoms with van der Waals surface area (Å²) in [5.74, 6) is 0. The standard InChI is InChI=1S/C19H23N3O/c1-15-8-10-22-17(13-20-19(22)12-15)14-21(2)18(9-11-23)16-6-4-3-5-7-16/h3-8,10,12-13,18,23H,9,11,14H2,1-2H3. The zero-order valence-corrected chi connectivity index (χ0v) is 13.7. The van der Waals surface area contributed by atoms with Crippen molar-refractivity contribution in [2.45, 2.75) is 25.9 Å². The van der Waals surface area contributed by atoms with Crippen LogP contribution >= 0.6 is 0 Å². The van der Waals surface area contributed by atoms with Gasteiger partial charge in [0.1, 0.15) is 5.65 Å². The average molecular weight is 309 g/mol. The van der Waals surface area contributed by atoms with Crippen molar-refractivity contribution in [3.8, 4) is 0 Å². The normalized spacial score (nSPS) is 12.9. The quantitative estimate of drug-likeness (QED) is 0.760. The van der Waals surface area contributed by atoms with Crippen LogP contribution in [0.5, 0.6) is 0 Å². The predicted molar refractivity (Wildman–Crippen MR) is 92.3 cm³/mol. The highest BCUT2D eigenvalue weighted by atomic mass is 16.3. The van der Waals surface area contributed by atoms with Crippen molar-refractivity contribution in [2.24, 2.45) is 0 Å². The second-order valence-corrected chi connectivity index (χ2v) is 6.04. The molecule has 0 aliphatic heterocycles. The first-order valence-electron chi connectivity index (χ1n) is 7.97. The Hall–Kier alpha value is -2.17. The van der Waals surface area contributed by atoms with Gasteiger partial charge in [-0.3, -0.25) is 4.90 Å². The minimum Gasteiger partial charge on any atom is -0.396 e. The van der Waals surface area contributed by atoms with Crippen molar-refractivity contribution < 1.29 is 5.11 Å². The lowest BCUT2D eigenvalue weighted by molar-refractivity contribution is 0.178. The molecule has 0 saturated heterocycles. The number of aryl methyl sites for hydroxylation is 1. The highest BCUT2D eigenvalue weighted by Crippen LogP contribution is 2.24. The molecule has 1 aromatic carbocycles. The Kier molecular flexibility index (Phi) is 4.74. The van der Waals surface area contributed by atoms with Crippen LogP contribution in [0.2, 0.25) is 0 Å². The van der Waals surface area contributed by atoms with Crippen LogP contribution in [0.25, 0.3) is 5.65 Å². The van der Waals surface area contributed by atoms with E-state index in [0.717, 1.165) is 24.3 Å². The van der Waals surface area contributed by atoms with Gasteiger partial charge in [-0.1, -0.05) is 30.3 Å². The Labute approximate surface area is 137 Å². The molecule has 2 heterocycles. The summed E-state index contributed by atoms with van der Waals surface area (Å²) < 4.78 is 2.13. The van der Waals surface area contributed by atoms with E-state index >= 15 is 0 Å². The van der Waals surface area contributed by atoms with Crippen molar-refractivity contribution in [1.82, 2.24) is 14.3 Å². The minimum atomic E-state index is 0.177. The first-order valence-corrected chi connectivity index (χ1v) is 7.97. The fourth-order valence-electron chi connectivity index (χ4n) is 3.06. The number of benzene rings is 1. The molecule has 0 spiro atoms. The largest absolute Gasteiger partial charge is 0.396 e. The fraction of sp³-hybridized carbons (Fsp3) is 0.316. The van der Waals surface area contributed by atoms with E-state index in [1.165, 1.54) is 11.1 Å². The molecule has 0 aliphatic carbocycles. The van der Waals surface area contributed by atoms with Crippen LogP contribution in [-0.4, -0.2) is 33.0 Å². The zero-order chi connectivity index (χ0) is 16.2. The Morgan fingerprint density at radius 3 is 2.74 bits per heavy atom. The molecular formula is C19H23N3O. The first kappa shape index (κ1) is 15.7. The first-order chi connectivity index (χ1) is 11.2. The summed E-state index contributed by atoms with van der Waals surface area (Å²) in [5.41, 5.74) is 4.58. The monoisotopic (exact) mass is 309 g/mol. The van der Waals surface area contributed by atoms with E-state index in [2.05, 4.69) is 58.7 Å². The third kappa shape index (κ3) is 3.44. The van der Waals surface area contributed by atoms with Crippen molar-refractivity contribution in [2.75, 3.05) is 13.7 Å². The van der Waals surface area contributed by atoms with Crippen LogP contribution < -0.4 is 0 Å². The summed E-state index contributed by atoms with van der Waals surface area (Å²) in [5, 5.41) is 9.43. The van der Waals surface area contributed by atoms with E-state index in [-0.39, 0.29) is 12.6 Å². The lowest BCUT2D eigenvalue weighted by Gasteiger charge is -2.28. The molecule has 120 valence electrons. The van der Waals surface area contributed by atoms with E-state index in [0.29, 0.717) is 0 Å². The van der Waals surface area contributed by atoms with E-state index in [1.54, 1.807) is 0 Å². The van der Waals surface area contributed by atoms with Crippen LogP contribution in [0.1, 0.15) is 29.3 Å². The molecule has 2 aromatic heterocycles. The zero-order valence-electron chi connectivity index (χ0n) is 13.7. The maximum Gasteiger partial charge on any atom is 0.137 e. The summed E-state index contributed by atoms with van der Waals surface area (Å²) in [6, 6.07) is 14.7. The number of aromatic nitrogens is 2. The van der Waals surface area contributed by atoms with Gasteiger partial charge in [-0.2, -0.15) is 0 Å². The summed E-state index contributed by atoms with van der Waals surface area (Å²) in [4.78, 5) is 6.77. The number of fused-ring (bicyclic) bond motifs is 1. The average Bonchev–Trinajstić information content (AvgIpc) is 2.95. The van der Waals surface area contributed by atoms with Crippen molar-refractivity contribution in [1.29, 1.82) is 0 Å². The van der Waals surface area contributed by atoms with Gasteiger partial charge in [-0.25, -0.2) is 4.98 Å². The Balaban J connectivity index is 1.84. The SMILES string of the molecule is Cc1ccn2c(CN(C)C(CCO)c3ccccc3)cnc2c1. The smallest absolute Gasteiger partial charge is 0.137 e. The summed E-state index contributed by atoms with van der Waals surface area (Å²) >= 11 is 0. The second kappa shape index (κ2) is 6.94. The van der Waals surface area contributed by atoms with Gasteiger partial charge in [0, 0.05) is 25.4 Å². The molecule has 4 nitrogen and oxygen atoms in total. The lowest BCUT2D eigenvalue weighted by atomic mass is 10.0. The van der Waals surface area contributed by atoms with Gasteiger partial charge in [-0.05, 0) is 43.7 Å². The van der Waals surface area contributed by atoms with Crippen molar-refractivity contribution in [3.05, 3.63) is 71.7 Å². The minimum absolute atomic E-state index is 0.177. The number of imidazole rings is 1. The summed E-state index contributed by atoms with van der Waals surface area (Å²) in [6.45, 7) is 3.03. The van der Waals surface area contributed by atoms with Crippen molar-refractivity contribution in [3.63, 3.8) is 0 Å². The number of hydrogen-bond acceptors (Lipinski definition) is 3. The van der Waals surface area contributed by atoms with Crippen LogP contribution in [-0.2, 0) is 6.54 Å². The second-order valence-electron chi connectivity index (χ2n) is 6.04. The van der Waals surface area contributed by atoms with Crippen LogP contribution in [0.15, 0.2) is 54.9 Å². The molecule has 23 heavy (non-hydrogen) atoms. The number of nitrogens with zero attached hydrogens (tertiary/aromatic N) is 3. The fourth-order valence-corrected chi connectivity index (χ4v) is 3.06. The number of aliphatic hydroxyl groups excluding tert-OH is 1. The van der Waals surface area contributed by atoms with E-state index < -0.39 is 0 Å². The van der Waals surface area contributed by atoms with E-state index in [4.69, 9.17) is 0 Å². The highest BCUT2D eigenvalue weighted by molar-refractivity contribution is 5.42. The highest BCUT2D eigenvalue weighted by Gasteiger charge is 2.18. The Morgan fingerprint density at radius 1 is 1.22 bits per heavy atom. The number of rotatable bonds is 6. The number of hydrogen-bond donors (Lipinski definition) is 1. The molecule has 3 aromatic rings. The molecule has 1 unspecified atom stereocenters. The van der Waals surface area contributed by atoms with Gasteiger partial charge in [0.25, 0.3) is 0 Å². The molecule has 0 amide bonds. The van der Waals surface area contributed by atoms with E-state index in [1.807, 2.05) is 24.4 Å². The Morgan fingerprint density at radius 2 is 2.00 bits per heavy atom. The molecule has 4 heteroatoms. The molecule has 0 radical (unpaired) electrons. The molecular weight excluding hydrogens is 286 g/mol. The Bertz CT molecular complexity index is 767. The third-order valence-electron chi connectivity index (χ3n) is 4.28. The molecule has 0 saturated carbocycles. The molecule has 1 atom stereocenters. The maximum absolute atomic E-state index is 9.43. The number of pyridine rings is 1. The molecule has 3 rings (SSSR count).